The first-order valence-electron chi connectivity index (χ1n) is 6.73. The molecule has 0 aromatic heterocycles. The molecule has 0 aromatic rings. The molecule has 3 nitrogen and oxygen atoms in total. The topological polar surface area (TPSA) is 27.7 Å². The van der Waals surface area contributed by atoms with Crippen LogP contribution < -0.4 is 0 Å². The standard InChI is InChI=1S/C11H12F14O3Si/c1-26-9(22,11(29,27-2)28-3)7(18,19)5(14,15)4(12,13)6(16,17)8(20,21)10(23,24)25/h1-3,29H3. The van der Waals surface area contributed by atoms with E-state index >= 15 is 0 Å². The van der Waals surface area contributed by atoms with Crippen LogP contribution in [0.3, 0.4) is 0 Å². The molecule has 0 aromatic carbocycles. The Bertz CT molecular complexity index is 588. The SMILES string of the molecule is COC([SiH3])(OC)C(F)(OC)C(F)(F)C(F)(F)C(F)(F)C(F)(F)C(F)(F)C(F)(F)F. The van der Waals surface area contributed by atoms with Gasteiger partial charge in [-0.15, -0.1) is 0 Å². The molecular formula is C11H12F14O3Si. The molecule has 0 amide bonds. The maximum Gasteiger partial charge on any atom is 0.460 e. The van der Waals surface area contributed by atoms with Gasteiger partial charge in [0.15, 0.2) is 0 Å². The molecule has 1 unspecified atom stereocenters. The van der Waals surface area contributed by atoms with Crippen LogP contribution in [0.2, 0.25) is 0 Å². The van der Waals surface area contributed by atoms with Crippen LogP contribution in [0.25, 0.3) is 0 Å². The number of hydrogen-bond acceptors (Lipinski definition) is 3. The highest BCUT2D eigenvalue weighted by Crippen LogP contribution is 2.63. The highest BCUT2D eigenvalue weighted by Gasteiger charge is 2.94. The van der Waals surface area contributed by atoms with Crippen molar-refractivity contribution in [2.75, 3.05) is 21.3 Å². The zero-order chi connectivity index (χ0) is 24.1. The molecule has 176 valence electrons. The molecule has 0 bridgehead atoms. The van der Waals surface area contributed by atoms with Crippen molar-refractivity contribution in [3.63, 3.8) is 0 Å². The molecule has 0 radical (unpaired) electrons. The number of alkyl halides is 14. The van der Waals surface area contributed by atoms with Crippen molar-refractivity contribution in [1.29, 1.82) is 0 Å². The molecule has 0 N–H and O–H groups in total. The molecule has 0 spiro atoms. The van der Waals surface area contributed by atoms with Crippen LogP contribution >= 0.6 is 0 Å². The fraction of sp³-hybridized carbons (Fsp3) is 1.00. The van der Waals surface area contributed by atoms with E-state index in [-0.39, 0.29) is 7.11 Å². The van der Waals surface area contributed by atoms with E-state index in [1.54, 1.807) is 0 Å². The third-order valence-corrected chi connectivity index (χ3v) is 5.44. The largest absolute Gasteiger partial charge is 0.460 e. The Kier molecular flexibility index (Phi) is 7.14. The van der Waals surface area contributed by atoms with Gasteiger partial charge in [0, 0.05) is 21.3 Å². The van der Waals surface area contributed by atoms with Crippen molar-refractivity contribution in [2.24, 2.45) is 0 Å². The number of methoxy groups -OCH3 is 3. The van der Waals surface area contributed by atoms with Crippen molar-refractivity contribution < 1.29 is 75.7 Å². The van der Waals surface area contributed by atoms with E-state index in [1.807, 2.05) is 0 Å². The summed E-state index contributed by atoms with van der Waals surface area (Å²) in [6.45, 7) is 0. The molecule has 29 heavy (non-hydrogen) atoms. The van der Waals surface area contributed by atoms with Gasteiger partial charge in [0.25, 0.3) is 0 Å². The van der Waals surface area contributed by atoms with Crippen LogP contribution in [-0.2, 0) is 14.2 Å². The molecule has 1 atom stereocenters. The summed E-state index contributed by atoms with van der Waals surface area (Å²) in [4.78, 5) is 0. The second-order valence-corrected chi connectivity index (χ2v) is 6.84. The lowest BCUT2D eigenvalue weighted by Crippen LogP contribution is -2.77. The van der Waals surface area contributed by atoms with E-state index < -0.39 is 57.3 Å². The van der Waals surface area contributed by atoms with E-state index in [4.69, 9.17) is 0 Å². The predicted molar refractivity (Wildman–Crippen MR) is 68.3 cm³/mol. The summed E-state index contributed by atoms with van der Waals surface area (Å²) < 4.78 is 197. The predicted octanol–water partition coefficient (Wildman–Crippen LogP) is 3.35. The van der Waals surface area contributed by atoms with Crippen LogP contribution in [0.15, 0.2) is 0 Å². The Morgan fingerprint density at radius 2 is 0.724 bits per heavy atom. The third-order valence-electron chi connectivity index (χ3n) is 3.98. The molecule has 0 aliphatic heterocycles. The first kappa shape index (κ1) is 28.1. The summed E-state index contributed by atoms with van der Waals surface area (Å²) >= 11 is 0. The zero-order valence-electron chi connectivity index (χ0n) is 14.5. The van der Waals surface area contributed by atoms with Gasteiger partial charge < -0.3 is 14.2 Å². The molecule has 0 aliphatic carbocycles. The van der Waals surface area contributed by atoms with Gasteiger partial charge in [0.05, 0.1) is 10.2 Å². The van der Waals surface area contributed by atoms with Gasteiger partial charge >= 0.3 is 41.6 Å². The Labute approximate surface area is 155 Å². The Hall–Kier alpha value is -0.883. The minimum absolute atomic E-state index is 0.157. The smallest absolute Gasteiger partial charge is 0.352 e. The van der Waals surface area contributed by atoms with Crippen molar-refractivity contribution in [1.82, 2.24) is 0 Å². The summed E-state index contributed by atoms with van der Waals surface area (Å²) in [7, 11) is -0.798. The normalized spacial score (nSPS) is 18.1. The van der Waals surface area contributed by atoms with Crippen molar-refractivity contribution in [3.05, 3.63) is 0 Å². The van der Waals surface area contributed by atoms with E-state index in [0.717, 1.165) is 0 Å². The monoisotopic (exact) mass is 486 g/mol. The van der Waals surface area contributed by atoms with E-state index in [9.17, 15) is 61.5 Å². The minimum Gasteiger partial charge on any atom is -0.352 e. The number of ether oxygens (including phenoxy) is 3. The summed E-state index contributed by atoms with van der Waals surface area (Å²) in [5.41, 5.74) is -3.63. The molecular weight excluding hydrogens is 474 g/mol. The van der Waals surface area contributed by atoms with E-state index in [1.165, 1.54) is 0 Å². The molecule has 18 heteroatoms. The van der Waals surface area contributed by atoms with Crippen molar-refractivity contribution in [3.8, 4) is 0 Å². The maximum absolute atomic E-state index is 14.6. The van der Waals surface area contributed by atoms with Gasteiger partial charge in [-0.2, -0.15) is 61.5 Å². The van der Waals surface area contributed by atoms with Gasteiger partial charge in [-0.25, -0.2) is 0 Å². The minimum atomic E-state index is -8.16. The van der Waals surface area contributed by atoms with E-state index in [0.29, 0.717) is 14.2 Å². The van der Waals surface area contributed by atoms with Gasteiger partial charge in [-0.1, -0.05) is 0 Å². The Morgan fingerprint density at radius 3 is 0.966 bits per heavy atom. The number of rotatable bonds is 9. The average Bonchev–Trinajstić information content (AvgIpc) is 2.58. The Morgan fingerprint density at radius 1 is 0.448 bits per heavy atom. The van der Waals surface area contributed by atoms with Crippen molar-refractivity contribution >= 4 is 10.2 Å². The van der Waals surface area contributed by atoms with Crippen LogP contribution in [0.1, 0.15) is 0 Å². The lowest BCUT2D eigenvalue weighted by Gasteiger charge is -2.47. The van der Waals surface area contributed by atoms with Gasteiger partial charge in [0.1, 0.15) is 0 Å². The van der Waals surface area contributed by atoms with Gasteiger partial charge in [-0.3, -0.25) is 0 Å². The van der Waals surface area contributed by atoms with Crippen molar-refractivity contribution in [2.45, 2.75) is 47.1 Å². The summed E-state index contributed by atoms with van der Waals surface area (Å²) in [5.74, 6) is -44.9. The average molecular weight is 486 g/mol. The summed E-state index contributed by atoms with van der Waals surface area (Å²) in [5, 5.41) is 0. The summed E-state index contributed by atoms with van der Waals surface area (Å²) in [6, 6.07) is 0. The van der Waals surface area contributed by atoms with Gasteiger partial charge in [0.2, 0.25) is 5.41 Å². The van der Waals surface area contributed by atoms with Crippen LogP contribution in [0, 0.1) is 0 Å². The highest BCUT2D eigenvalue weighted by atomic mass is 28.1. The fourth-order valence-corrected chi connectivity index (χ4v) is 2.43. The highest BCUT2D eigenvalue weighted by molar-refractivity contribution is 6.14. The second kappa shape index (κ2) is 7.36. The first-order valence-corrected chi connectivity index (χ1v) is 7.73. The second-order valence-electron chi connectivity index (χ2n) is 5.52. The Balaban J connectivity index is 6.87. The van der Waals surface area contributed by atoms with Crippen LogP contribution in [0.5, 0.6) is 0 Å². The zero-order valence-corrected chi connectivity index (χ0v) is 16.5. The van der Waals surface area contributed by atoms with Crippen LogP contribution in [-0.4, -0.2) is 78.6 Å². The molecule has 0 saturated carbocycles. The first-order chi connectivity index (χ1) is 12.4. The quantitative estimate of drug-likeness (QED) is 0.285. The maximum atomic E-state index is 14.6. The van der Waals surface area contributed by atoms with Crippen LogP contribution in [0.4, 0.5) is 61.5 Å². The third kappa shape index (κ3) is 3.38. The number of halogens is 14. The molecule has 0 aliphatic rings. The molecule has 0 rings (SSSR count). The molecule has 0 saturated heterocycles. The molecule has 0 heterocycles. The number of hydrogen-bond donors (Lipinski definition) is 0. The summed E-state index contributed by atoms with van der Waals surface area (Å²) in [6.07, 6.45) is -7.57. The lowest BCUT2D eigenvalue weighted by atomic mass is 9.90. The lowest BCUT2D eigenvalue weighted by molar-refractivity contribution is -0.474. The molecule has 0 fully saturated rings. The fourth-order valence-electron chi connectivity index (χ4n) is 1.92. The van der Waals surface area contributed by atoms with E-state index in [2.05, 4.69) is 14.2 Å². The van der Waals surface area contributed by atoms with Gasteiger partial charge in [-0.05, 0) is 0 Å².